The van der Waals surface area contributed by atoms with Crippen molar-refractivity contribution in [2.75, 3.05) is 6.61 Å². The van der Waals surface area contributed by atoms with E-state index in [1.54, 1.807) is 26.1 Å². The van der Waals surface area contributed by atoms with Crippen LogP contribution < -0.4 is 4.72 Å². The lowest BCUT2D eigenvalue weighted by atomic mass is 10.2. The van der Waals surface area contributed by atoms with Crippen LogP contribution in [0.5, 0.6) is 0 Å². The molecule has 2 aromatic heterocycles. The van der Waals surface area contributed by atoms with Gasteiger partial charge in [-0.3, -0.25) is 4.68 Å². The standard InChI is InChI=1S/C11H14ClN3O4S/c1-7-10(11(12)15(2)13-7)20(17,18)14-8(6-16)9-4-3-5-19-9/h3-5,8,14,16H,6H2,1-2H3. The van der Waals surface area contributed by atoms with Crippen molar-refractivity contribution in [2.45, 2.75) is 17.9 Å². The normalized spacial score (nSPS) is 13.6. The molecule has 0 saturated carbocycles. The highest BCUT2D eigenvalue weighted by Crippen LogP contribution is 2.26. The Morgan fingerprint density at radius 1 is 1.60 bits per heavy atom. The first-order chi connectivity index (χ1) is 9.36. The van der Waals surface area contributed by atoms with E-state index in [1.807, 2.05) is 0 Å². The minimum Gasteiger partial charge on any atom is -0.468 e. The van der Waals surface area contributed by atoms with Crippen molar-refractivity contribution in [2.24, 2.45) is 7.05 Å². The average Bonchev–Trinajstić information content (AvgIpc) is 2.96. The third kappa shape index (κ3) is 2.73. The zero-order valence-electron chi connectivity index (χ0n) is 10.9. The van der Waals surface area contributed by atoms with Crippen molar-refractivity contribution in [1.82, 2.24) is 14.5 Å². The first kappa shape index (κ1) is 15.0. The molecule has 0 aliphatic heterocycles. The molecule has 1 atom stereocenters. The number of nitrogens with one attached hydrogen (secondary N) is 1. The molecule has 0 amide bonds. The molecule has 0 aliphatic rings. The van der Waals surface area contributed by atoms with Crippen LogP contribution in [0.2, 0.25) is 5.15 Å². The van der Waals surface area contributed by atoms with Gasteiger partial charge in [-0.05, 0) is 19.1 Å². The van der Waals surface area contributed by atoms with Crippen LogP contribution in [0, 0.1) is 6.92 Å². The summed E-state index contributed by atoms with van der Waals surface area (Å²) >= 11 is 5.95. The maximum absolute atomic E-state index is 12.4. The zero-order valence-corrected chi connectivity index (χ0v) is 12.4. The molecule has 2 heterocycles. The first-order valence-corrected chi connectivity index (χ1v) is 7.58. The summed E-state index contributed by atoms with van der Waals surface area (Å²) in [5.41, 5.74) is 0.279. The van der Waals surface area contributed by atoms with E-state index in [4.69, 9.17) is 16.0 Å². The van der Waals surface area contributed by atoms with E-state index < -0.39 is 22.7 Å². The highest BCUT2D eigenvalue weighted by Gasteiger charge is 2.29. The Morgan fingerprint density at radius 2 is 2.30 bits per heavy atom. The van der Waals surface area contributed by atoms with Gasteiger partial charge in [0.2, 0.25) is 10.0 Å². The van der Waals surface area contributed by atoms with Crippen LogP contribution >= 0.6 is 11.6 Å². The number of nitrogens with zero attached hydrogens (tertiary/aromatic N) is 2. The van der Waals surface area contributed by atoms with Crippen LogP contribution in [0.25, 0.3) is 0 Å². The molecule has 9 heteroatoms. The Hall–Kier alpha value is -1.35. The molecule has 2 rings (SSSR count). The molecule has 2 N–H and O–H groups in total. The Morgan fingerprint density at radius 3 is 2.75 bits per heavy atom. The summed E-state index contributed by atoms with van der Waals surface area (Å²) < 4.78 is 33.4. The van der Waals surface area contributed by atoms with Gasteiger partial charge < -0.3 is 9.52 Å². The van der Waals surface area contributed by atoms with Gasteiger partial charge in [-0.15, -0.1) is 0 Å². The number of hydrogen-bond acceptors (Lipinski definition) is 5. The maximum atomic E-state index is 12.4. The minimum absolute atomic E-state index is 0.00568. The quantitative estimate of drug-likeness (QED) is 0.856. The average molecular weight is 320 g/mol. The van der Waals surface area contributed by atoms with E-state index in [2.05, 4.69) is 9.82 Å². The summed E-state index contributed by atoms with van der Waals surface area (Å²) in [5.74, 6) is 0.314. The molecule has 110 valence electrons. The van der Waals surface area contributed by atoms with Crippen LogP contribution in [0.4, 0.5) is 0 Å². The third-order valence-electron chi connectivity index (χ3n) is 2.74. The van der Waals surface area contributed by atoms with Gasteiger partial charge in [0.25, 0.3) is 0 Å². The Bertz CT molecular complexity index is 694. The number of aryl methyl sites for hydroxylation is 2. The van der Waals surface area contributed by atoms with Crippen molar-refractivity contribution in [3.05, 3.63) is 35.0 Å². The molecule has 0 fully saturated rings. The van der Waals surface area contributed by atoms with Crippen molar-refractivity contribution < 1.29 is 17.9 Å². The second kappa shape index (κ2) is 5.57. The van der Waals surface area contributed by atoms with Crippen LogP contribution in [-0.4, -0.2) is 29.9 Å². The molecular formula is C11H14ClN3O4S. The van der Waals surface area contributed by atoms with E-state index >= 15 is 0 Å². The van der Waals surface area contributed by atoms with Crippen LogP contribution in [0.1, 0.15) is 17.5 Å². The van der Waals surface area contributed by atoms with Gasteiger partial charge in [-0.25, -0.2) is 8.42 Å². The van der Waals surface area contributed by atoms with E-state index in [0.29, 0.717) is 5.76 Å². The van der Waals surface area contributed by atoms with Crippen molar-refractivity contribution in [3.8, 4) is 0 Å². The highest BCUT2D eigenvalue weighted by atomic mass is 35.5. The van der Waals surface area contributed by atoms with Gasteiger partial charge in [0.1, 0.15) is 21.9 Å². The second-order valence-electron chi connectivity index (χ2n) is 4.20. The lowest BCUT2D eigenvalue weighted by Gasteiger charge is -2.14. The molecule has 0 aromatic carbocycles. The number of aromatic nitrogens is 2. The van der Waals surface area contributed by atoms with Crippen LogP contribution in [0.15, 0.2) is 27.7 Å². The largest absolute Gasteiger partial charge is 0.468 e. The number of furan rings is 1. The van der Waals surface area contributed by atoms with Gasteiger partial charge in [-0.1, -0.05) is 11.6 Å². The molecule has 0 bridgehead atoms. The number of rotatable bonds is 5. The van der Waals surface area contributed by atoms with E-state index in [9.17, 15) is 13.5 Å². The Labute approximate surface area is 121 Å². The number of halogens is 1. The lowest BCUT2D eigenvalue weighted by molar-refractivity contribution is 0.242. The predicted octanol–water partition coefficient (Wildman–Crippen LogP) is 0.987. The van der Waals surface area contributed by atoms with E-state index in [0.717, 1.165) is 0 Å². The molecule has 0 saturated heterocycles. The number of sulfonamides is 1. The monoisotopic (exact) mass is 319 g/mol. The van der Waals surface area contributed by atoms with Gasteiger partial charge in [0.05, 0.1) is 18.6 Å². The summed E-state index contributed by atoms with van der Waals surface area (Å²) in [4.78, 5) is -0.105. The van der Waals surface area contributed by atoms with Crippen LogP contribution in [0.3, 0.4) is 0 Å². The summed E-state index contributed by atoms with van der Waals surface area (Å²) in [6.45, 7) is 1.10. The smallest absolute Gasteiger partial charge is 0.246 e. The number of hydrogen-bond donors (Lipinski definition) is 2. The summed E-state index contributed by atoms with van der Waals surface area (Å²) in [7, 11) is -2.38. The maximum Gasteiger partial charge on any atom is 0.246 e. The fourth-order valence-electron chi connectivity index (χ4n) is 1.84. The van der Waals surface area contributed by atoms with E-state index in [1.165, 1.54) is 10.9 Å². The zero-order chi connectivity index (χ0) is 14.9. The molecule has 2 aromatic rings. The predicted molar refractivity (Wildman–Crippen MR) is 71.8 cm³/mol. The van der Waals surface area contributed by atoms with Crippen molar-refractivity contribution >= 4 is 21.6 Å². The molecule has 0 aliphatic carbocycles. The summed E-state index contributed by atoms with van der Waals surface area (Å²) in [6.07, 6.45) is 1.40. The topological polar surface area (TPSA) is 97.4 Å². The first-order valence-electron chi connectivity index (χ1n) is 5.72. The minimum atomic E-state index is -3.92. The second-order valence-corrected chi connectivity index (χ2v) is 6.21. The van der Waals surface area contributed by atoms with Crippen molar-refractivity contribution in [3.63, 3.8) is 0 Å². The summed E-state index contributed by atoms with van der Waals surface area (Å²) in [6, 6.07) is 2.29. The molecule has 1 unspecified atom stereocenters. The van der Waals surface area contributed by atoms with Crippen molar-refractivity contribution in [1.29, 1.82) is 0 Å². The molecule has 0 spiro atoms. The van der Waals surface area contributed by atoms with Gasteiger partial charge in [0, 0.05) is 7.05 Å². The molecule has 20 heavy (non-hydrogen) atoms. The summed E-state index contributed by atoms with van der Waals surface area (Å²) in [5, 5.41) is 13.3. The number of aliphatic hydroxyl groups is 1. The van der Waals surface area contributed by atoms with Crippen LogP contribution in [-0.2, 0) is 17.1 Å². The molecule has 0 radical (unpaired) electrons. The molecule has 7 nitrogen and oxygen atoms in total. The van der Waals surface area contributed by atoms with Gasteiger partial charge in [0.15, 0.2) is 0 Å². The third-order valence-corrected chi connectivity index (χ3v) is 4.90. The van der Waals surface area contributed by atoms with Gasteiger partial charge in [-0.2, -0.15) is 9.82 Å². The Kier molecular flexibility index (Phi) is 4.19. The Balaban J connectivity index is 2.36. The SMILES string of the molecule is Cc1nn(C)c(Cl)c1S(=O)(=O)NC(CO)c1ccco1. The fraction of sp³-hybridized carbons (Fsp3) is 0.364. The van der Waals surface area contributed by atoms with E-state index in [-0.39, 0.29) is 15.7 Å². The fourth-order valence-corrected chi connectivity index (χ4v) is 3.78. The number of aliphatic hydroxyl groups excluding tert-OH is 1. The van der Waals surface area contributed by atoms with Gasteiger partial charge >= 0.3 is 0 Å². The molecular weight excluding hydrogens is 306 g/mol. The lowest BCUT2D eigenvalue weighted by Crippen LogP contribution is -2.31. The highest BCUT2D eigenvalue weighted by molar-refractivity contribution is 7.89.